The molecule has 1 atom stereocenters. The van der Waals surface area contributed by atoms with Crippen LogP contribution in [0.2, 0.25) is 0 Å². The van der Waals surface area contributed by atoms with Crippen molar-refractivity contribution < 1.29 is 14.3 Å². The van der Waals surface area contributed by atoms with Crippen molar-refractivity contribution in [3.8, 4) is 5.75 Å². The Morgan fingerprint density at radius 2 is 1.89 bits per heavy atom. The van der Waals surface area contributed by atoms with Crippen molar-refractivity contribution in [3.63, 3.8) is 0 Å². The maximum Gasteiger partial charge on any atom is 0.238 e. The van der Waals surface area contributed by atoms with Gasteiger partial charge in [-0.3, -0.25) is 14.5 Å². The van der Waals surface area contributed by atoms with Crippen LogP contribution in [0, 0.1) is 0 Å². The van der Waals surface area contributed by atoms with Gasteiger partial charge in [-0.1, -0.05) is 27.7 Å². The van der Waals surface area contributed by atoms with Crippen LogP contribution in [-0.4, -0.2) is 41.3 Å². The first kappa shape index (κ1) is 19.4. The van der Waals surface area contributed by atoms with E-state index in [1.54, 1.807) is 38.4 Å². The van der Waals surface area contributed by atoms with Gasteiger partial charge in [0.15, 0.2) is 5.17 Å². The predicted molar refractivity (Wildman–Crippen MR) is 112 cm³/mol. The highest BCUT2D eigenvalue weighted by Crippen LogP contribution is 2.29. The number of nitrogens with zero attached hydrogens (tertiary/aromatic N) is 2. The zero-order valence-corrected chi connectivity index (χ0v) is 17.2. The molecule has 0 radical (unpaired) electrons. The second-order valence-corrected chi connectivity index (χ2v) is 7.94. The fourth-order valence-electron chi connectivity index (χ4n) is 2.42. The lowest BCUT2D eigenvalue weighted by Crippen LogP contribution is -2.43. The van der Waals surface area contributed by atoms with Crippen molar-refractivity contribution in [1.29, 1.82) is 0 Å². The zero-order valence-electron chi connectivity index (χ0n) is 14.8. The summed E-state index contributed by atoms with van der Waals surface area (Å²) in [4.78, 5) is 31.0. The smallest absolute Gasteiger partial charge is 0.238 e. The van der Waals surface area contributed by atoms with E-state index >= 15 is 0 Å². The largest absolute Gasteiger partial charge is 0.497 e. The van der Waals surface area contributed by atoms with E-state index in [-0.39, 0.29) is 18.2 Å². The molecule has 140 valence electrons. The summed E-state index contributed by atoms with van der Waals surface area (Å²) >= 11 is 4.67. The lowest BCUT2D eigenvalue weighted by molar-refractivity contribution is -0.128. The Hall–Kier alpha value is -2.32. The van der Waals surface area contributed by atoms with Gasteiger partial charge >= 0.3 is 0 Å². The maximum absolute atomic E-state index is 12.6. The van der Waals surface area contributed by atoms with Crippen LogP contribution in [0.1, 0.15) is 6.42 Å². The van der Waals surface area contributed by atoms with E-state index in [4.69, 9.17) is 4.74 Å². The van der Waals surface area contributed by atoms with Crippen LogP contribution < -0.4 is 10.1 Å². The molecule has 0 aliphatic carbocycles. The Bertz CT molecular complexity index is 869. The number of nitrogens with one attached hydrogen (secondary N) is 1. The number of anilines is 1. The van der Waals surface area contributed by atoms with Gasteiger partial charge in [0.2, 0.25) is 11.8 Å². The van der Waals surface area contributed by atoms with Crippen molar-refractivity contribution in [1.82, 2.24) is 4.90 Å². The first-order chi connectivity index (χ1) is 13.0. The number of thioether (sulfide) groups is 1. The number of hydrogen-bond donors (Lipinski definition) is 1. The third-order valence-electron chi connectivity index (χ3n) is 3.97. The number of rotatable bonds is 4. The molecule has 2 aromatic carbocycles. The molecule has 6 nitrogen and oxygen atoms in total. The summed E-state index contributed by atoms with van der Waals surface area (Å²) in [5.41, 5.74) is 1.37. The second-order valence-electron chi connectivity index (χ2n) is 5.85. The molecule has 27 heavy (non-hydrogen) atoms. The van der Waals surface area contributed by atoms with E-state index in [1.807, 2.05) is 24.3 Å². The summed E-state index contributed by atoms with van der Waals surface area (Å²) in [5, 5.41) is 2.81. The fraction of sp³-hybridized carbons (Fsp3) is 0.211. The molecule has 1 unspecified atom stereocenters. The predicted octanol–water partition coefficient (Wildman–Crippen LogP) is 4.05. The Labute approximate surface area is 170 Å². The molecule has 8 heteroatoms. The Kier molecular flexibility index (Phi) is 6.18. The molecule has 3 rings (SSSR count). The number of ether oxygens (including phenoxy) is 1. The molecule has 2 amide bonds. The summed E-state index contributed by atoms with van der Waals surface area (Å²) in [7, 11) is 3.26. The number of aliphatic imine (C=N–C) groups is 1. The molecule has 0 aromatic heterocycles. The molecule has 1 N–H and O–H groups in total. The van der Waals surface area contributed by atoms with Crippen molar-refractivity contribution in [2.45, 2.75) is 11.7 Å². The van der Waals surface area contributed by atoms with Crippen LogP contribution in [0.4, 0.5) is 11.4 Å². The second kappa shape index (κ2) is 8.58. The van der Waals surface area contributed by atoms with Gasteiger partial charge in [0, 0.05) is 23.6 Å². The van der Waals surface area contributed by atoms with E-state index in [0.29, 0.717) is 16.6 Å². The maximum atomic E-state index is 12.6. The lowest BCUT2D eigenvalue weighted by atomic mass is 10.2. The number of halogens is 1. The minimum absolute atomic E-state index is 0.127. The van der Waals surface area contributed by atoms with Crippen molar-refractivity contribution in [2.24, 2.45) is 4.99 Å². The normalized spacial score (nSPS) is 18.5. The highest BCUT2D eigenvalue weighted by Gasteiger charge is 2.34. The van der Waals surface area contributed by atoms with Crippen molar-refractivity contribution >= 4 is 56.0 Å². The van der Waals surface area contributed by atoms with Gasteiger partial charge in [0.25, 0.3) is 0 Å². The van der Waals surface area contributed by atoms with E-state index in [0.717, 1.165) is 10.2 Å². The van der Waals surface area contributed by atoms with Gasteiger partial charge < -0.3 is 10.1 Å². The molecule has 1 saturated heterocycles. The topological polar surface area (TPSA) is 71.0 Å². The highest BCUT2D eigenvalue weighted by molar-refractivity contribution is 9.10. The van der Waals surface area contributed by atoms with Crippen LogP contribution in [0.3, 0.4) is 0 Å². The first-order valence-electron chi connectivity index (χ1n) is 8.18. The summed E-state index contributed by atoms with van der Waals surface area (Å²) in [6.07, 6.45) is 0.127. The fourth-order valence-corrected chi connectivity index (χ4v) is 3.75. The third-order valence-corrected chi connectivity index (χ3v) is 5.74. The molecule has 1 fully saturated rings. The molecule has 1 aliphatic heterocycles. The number of methoxy groups -OCH3 is 1. The average molecular weight is 448 g/mol. The number of hydrogen-bond acceptors (Lipinski definition) is 5. The monoisotopic (exact) mass is 447 g/mol. The minimum Gasteiger partial charge on any atom is -0.497 e. The quantitative estimate of drug-likeness (QED) is 0.767. The molecule has 0 spiro atoms. The average Bonchev–Trinajstić information content (AvgIpc) is 2.67. The SMILES string of the molecule is COc1ccc(NC(=O)C2CC(=O)N(C)C(=Nc3ccc(Br)cc3)S2)cc1. The third kappa shape index (κ3) is 4.90. The Balaban J connectivity index is 1.74. The van der Waals surface area contributed by atoms with Crippen LogP contribution >= 0.6 is 27.7 Å². The summed E-state index contributed by atoms with van der Waals surface area (Å²) in [6.45, 7) is 0. The molecule has 1 heterocycles. The number of amidine groups is 1. The Morgan fingerprint density at radius 3 is 2.52 bits per heavy atom. The zero-order chi connectivity index (χ0) is 19.4. The van der Waals surface area contributed by atoms with Gasteiger partial charge in [-0.2, -0.15) is 0 Å². The summed E-state index contributed by atoms with van der Waals surface area (Å²) in [5.74, 6) is 0.343. The van der Waals surface area contributed by atoms with Gasteiger partial charge in [0.05, 0.1) is 12.8 Å². The Morgan fingerprint density at radius 1 is 1.22 bits per heavy atom. The van der Waals surface area contributed by atoms with E-state index in [2.05, 4.69) is 26.2 Å². The van der Waals surface area contributed by atoms with Crippen molar-refractivity contribution in [3.05, 3.63) is 53.0 Å². The lowest BCUT2D eigenvalue weighted by Gasteiger charge is -2.28. The molecule has 1 aliphatic rings. The van der Waals surface area contributed by atoms with Gasteiger partial charge in [-0.15, -0.1) is 0 Å². The van der Waals surface area contributed by atoms with E-state index < -0.39 is 5.25 Å². The van der Waals surface area contributed by atoms with E-state index in [1.165, 1.54) is 16.7 Å². The highest BCUT2D eigenvalue weighted by atomic mass is 79.9. The first-order valence-corrected chi connectivity index (χ1v) is 9.86. The van der Waals surface area contributed by atoms with Crippen LogP contribution in [0.15, 0.2) is 58.0 Å². The molecular weight excluding hydrogens is 430 g/mol. The molecule has 0 saturated carbocycles. The standard InChI is InChI=1S/C19H18BrN3O3S/c1-23-17(24)11-16(18(25)21-13-7-9-15(26-2)10-8-13)27-19(23)22-14-5-3-12(20)4-6-14/h3-10,16H,11H2,1-2H3,(H,21,25). The summed E-state index contributed by atoms with van der Waals surface area (Å²) in [6, 6.07) is 14.5. The number of amides is 2. The van der Waals surface area contributed by atoms with Gasteiger partial charge in [0.1, 0.15) is 11.0 Å². The molecule has 2 aromatic rings. The van der Waals surface area contributed by atoms with Gasteiger partial charge in [-0.25, -0.2) is 4.99 Å². The van der Waals surface area contributed by atoms with Gasteiger partial charge in [-0.05, 0) is 48.5 Å². The summed E-state index contributed by atoms with van der Waals surface area (Å²) < 4.78 is 6.06. The van der Waals surface area contributed by atoms with Crippen LogP contribution in [-0.2, 0) is 9.59 Å². The minimum atomic E-state index is -0.537. The van der Waals surface area contributed by atoms with Crippen molar-refractivity contribution in [2.75, 3.05) is 19.5 Å². The van der Waals surface area contributed by atoms with Crippen LogP contribution in [0.25, 0.3) is 0 Å². The molecular formula is C19H18BrN3O3S. The number of carbonyl (C=O) groups is 2. The number of benzene rings is 2. The number of carbonyl (C=O) groups excluding carboxylic acids is 2. The molecule has 0 bridgehead atoms. The van der Waals surface area contributed by atoms with Crippen LogP contribution in [0.5, 0.6) is 5.75 Å². The van der Waals surface area contributed by atoms with E-state index in [9.17, 15) is 9.59 Å².